The van der Waals surface area contributed by atoms with Crippen LogP contribution in [0.3, 0.4) is 0 Å². The topological polar surface area (TPSA) is 54.5 Å². The minimum Gasteiger partial charge on any atom is -0.487 e. The Bertz CT molecular complexity index is 1000. The fourth-order valence-corrected chi connectivity index (χ4v) is 3.89. The van der Waals surface area contributed by atoms with E-state index >= 15 is 0 Å². The highest BCUT2D eigenvalue weighted by atomic mass is 19.1. The number of hydrogen-bond donors (Lipinski definition) is 1. The van der Waals surface area contributed by atoms with Gasteiger partial charge in [0.25, 0.3) is 0 Å². The number of amides is 1. The van der Waals surface area contributed by atoms with Crippen LogP contribution in [0.15, 0.2) is 72.9 Å². The largest absolute Gasteiger partial charge is 0.487 e. The highest BCUT2D eigenvalue weighted by Gasteiger charge is 2.21. The van der Waals surface area contributed by atoms with Crippen molar-refractivity contribution in [3.05, 3.63) is 89.9 Å². The van der Waals surface area contributed by atoms with E-state index in [0.717, 1.165) is 43.1 Å². The smallest absolute Gasteiger partial charge is 0.220 e. The van der Waals surface area contributed by atoms with Gasteiger partial charge in [0.15, 0.2) is 0 Å². The number of nitrogens with one attached hydrogen (secondary N) is 1. The van der Waals surface area contributed by atoms with Crippen molar-refractivity contribution >= 4 is 11.7 Å². The van der Waals surface area contributed by atoms with Crippen molar-refractivity contribution in [1.29, 1.82) is 0 Å². The van der Waals surface area contributed by atoms with Crippen LogP contribution >= 0.6 is 0 Å². The first-order chi connectivity index (χ1) is 15.7. The van der Waals surface area contributed by atoms with E-state index in [9.17, 15) is 9.18 Å². The quantitative estimate of drug-likeness (QED) is 0.568. The number of rotatable bonds is 8. The maximum atomic E-state index is 13.7. The minimum absolute atomic E-state index is 0.0234. The van der Waals surface area contributed by atoms with Crippen LogP contribution < -0.4 is 15.0 Å². The van der Waals surface area contributed by atoms with Gasteiger partial charge in [-0.25, -0.2) is 9.37 Å². The van der Waals surface area contributed by atoms with E-state index in [1.807, 2.05) is 42.5 Å². The van der Waals surface area contributed by atoms with E-state index in [-0.39, 0.29) is 17.8 Å². The zero-order chi connectivity index (χ0) is 22.2. The third-order valence-electron chi connectivity index (χ3n) is 5.73. The maximum Gasteiger partial charge on any atom is 0.220 e. The average Bonchev–Trinajstić information content (AvgIpc) is 2.84. The van der Waals surface area contributed by atoms with Crippen molar-refractivity contribution in [2.45, 2.75) is 38.3 Å². The van der Waals surface area contributed by atoms with Crippen LogP contribution in [0.25, 0.3) is 0 Å². The number of hydrogen-bond acceptors (Lipinski definition) is 4. The molecular formula is C26H28FN3O2. The summed E-state index contributed by atoms with van der Waals surface area (Å²) in [6, 6.07) is 20.7. The lowest BCUT2D eigenvalue weighted by Gasteiger charge is -2.33. The van der Waals surface area contributed by atoms with Crippen molar-refractivity contribution in [1.82, 2.24) is 10.3 Å². The fourth-order valence-electron chi connectivity index (χ4n) is 3.89. The van der Waals surface area contributed by atoms with E-state index in [4.69, 9.17) is 4.74 Å². The van der Waals surface area contributed by atoms with Gasteiger partial charge in [0, 0.05) is 25.6 Å². The molecule has 1 aromatic heterocycles. The third-order valence-corrected chi connectivity index (χ3v) is 5.73. The zero-order valence-corrected chi connectivity index (χ0v) is 18.0. The van der Waals surface area contributed by atoms with E-state index in [0.29, 0.717) is 25.0 Å². The van der Waals surface area contributed by atoms with Crippen LogP contribution in [0, 0.1) is 5.82 Å². The first-order valence-corrected chi connectivity index (χ1v) is 11.1. The molecule has 0 spiro atoms. The van der Waals surface area contributed by atoms with Gasteiger partial charge in [0.2, 0.25) is 5.91 Å². The van der Waals surface area contributed by atoms with E-state index in [1.165, 1.54) is 6.07 Å². The number of anilines is 1. The summed E-state index contributed by atoms with van der Waals surface area (Å²) in [5.74, 6) is 1.39. The number of carbonyl (C=O) groups is 1. The molecule has 0 unspecified atom stereocenters. The predicted molar refractivity (Wildman–Crippen MR) is 123 cm³/mol. The summed E-state index contributed by atoms with van der Waals surface area (Å²) in [5.41, 5.74) is 1.70. The standard InChI is InChI=1S/C26H28FN3O2/c27-24-9-5-4-8-21(24)10-13-26(31)29-22-14-16-30(17-15-22)25-12-11-23(18-28-25)32-19-20-6-2-1-3-7-20/h1-9,11-12,18,22H,10,13-17,19H2,(H,29,31). The SMILES string of the molecule is O=C(CCc1ccccc1F)NC1CCN(c2ccc(OCc3ccccc3)cn2)CC1. The van der Waals surface area contributed by atoms with Gasteiger partial charge in [0.1, 0.15) is 24.0 Å². The molecule has 1 aliphatic rings. The number of benzene rings is 2. The molecule has 166 valence electrons. The molecule has 1 fully saturated rings. The second-order valence-corrected chi connectivity index (χ2v) is 8.05. The normalized spacial score (nSPS) is 14.2. The summed E-state index contributed by atoms with van der Waals surface area (Å²) >= 11 is 0. The first kappa shape index (κ1) is 21.8. The highest BCUT2D eigenvalue weighted by molar-refractivity contribution is 5.76. The van der Waals surface area contributed by atoms with Crippen molar-refractivity contribution < 1.29 is 13.9 Å². The summed E-state index contributed by atoms with van der Waals surface area (Å²) in [5, 5.41) is 3.09. The maximum absolute atomic E-state index is 13.7. The van der Waals surface area contributed by atoms with Gasteiger partial charge in [-0.1, -0.05) is 48.5 Å². The second-order valence-electron chi connectivity index (χ2n) is 8.05. The molecule has 2 aromatic carbocycles. The number of piperidine rings is 1. The Balaban J connectivity index is 1.19. The summed E-state index contributed by atoms with van der Waals surface area (Å²) in [6.07, 6.45) is 4.20. The van der Waals surface area contributed by atoms with Crippen LogP contribution in [0.2, 0.25) is 0 Å². The molecule has 2 heterocycles. The number of pyridine rings is 1. The van der Waals surface area contributed by atoms with Crippen LogP contribution in [0.5, 0.6) is 5.75 Å². The average molecular weight is 434 g/mol. The molecule has 0 atom stereocenters. The summed E-state index contributed by atoms with van der Waals surface area (Å²) < 4.78 is 19.5. The molecule has 0 radical (unpaired) electrons. The summed E-state index contributed by atoms with van der Waals surface area (Å²) in [4.78, 5) is 19.1. The molecule has 0 bridgehead atoms. The van der Waals surface area contributed by atoms with Crippen molar-refractivity contribution in [2.24, 2.45) is 0 Å². The van der Waals surface area contributed by atoms with Crippen LogP contribution in [0.1, 0.15) is 30.4 Å². The van der Waals surface area contributed by atoms with Gasteiger partial charge in [-0.15, -0.1) is 0 Å². The van der Waals surface area contributed by atoms with Crippen molar-refractivity contribution in [3.8, 4) is 5.75 Å². The number of aromatic nitrogens is 1. The summed E-state index contributed by atoms with van der Waals surface area (Å²) in [6.45, 7) is 2.18. The lowest BCUT2D eigenvalue weighted by Crippen LogP contribution is -2.45. The van der Waals surface area contributed by atoms with Crippen LogP contribution in [0.4, 0.5) is 10.2 Å². The minimum atomic E-state index is -0.252. The Hall–Kier alpha value is -3.41. The first-order valence-electron chi connectivity index (χ1n) is 11.1. The lowest BCUT2D eigenvalue weighted by atomic mass is 10.0. The van der Waals surface area contributed by atoms with Crippen LogP contribution in [-0.2, 0) is 17.8 Å². The Morgan fingerprint density at radius 2 is 1.78 bits per heavy atom. The molecule has 3 aromatic rings. The molecule has 1 saturated heterocycles. The predicted octanol–water partition coefficient (Wildman–Crippen LogP) is 4.52. The molecule has 6 heteroatoms. The van der Waals surface area contributed by atoms with Gasteiger partial charge in [-0.2, -0.15) is 0 Å². The summed E-state index contributed by atoms with van der Waals surface area (Å²) in [7, 11) is 0. The number of ether oxygens (including phenoxy) is 1. The molecule has 5 nitrogen and oxygen atoms in total. The third kappa shape index (κ3) is 6.06. The molecule has 1 amide bonds. The van der Waals surface area contributed by atoms with Crippen molar-refractivity contribution in [2.75, 3.05) is 18.0 Å². The number of halogens is 1. The molecular weight excluding hydrogens is 405 g/mol. The highest BCUT2D eigenvalue weighted by Crippen LogP contribution is 2.21. The molecule has 4 rings (SSSR count). The molecule has 1 N–H and O–H groups in total. The van der Waals surface area contributed by atoms with E-state index in [1.54, 1.807) is 24.4 Å². The lowest BCUT2D eigenvalue weighted by molar-refractivity contribution is -0.121. The fraction of sp³-hybridized carbons (Fsp3) is 0.308. The van der Waals surface area contributed by atoms with Gasteiger partial charge < -0.3 is 15.0 Å². The monoisotopic (exact) mass is 433 g/mol. The molecule has 0 aliphatic carbocycles. The molecule has 0 saturated carbocycles. The van der Waals surface area contributed by atoms with Gasteiger partial charge in [-0.3, -0.25) is 4.79 Å². The Morgan fingerprint density at radius 1 is 1.03 bits per heavy atom. The Kier molecular flexibility index (Phi) is 7.33. The van der Waals surface area contributed by atoms with Gasteiger partial charge >= 0.3 is 0 Å². The zero-order valence-electron chi connectivity index (χ0n) is 18.0. The van der Waals surface area contributed by atoms with Gasteiger partial charge in [-0.05, 0) is 48.6 Å². The molecule has 32 heavy (non-hydrogen) atoms. The number of nitrogens with zero attached hydrogens (tertiary/aromatic N) is 2. The number of carbonyl (C=O) groups excluding carboxylic acids is 1. The van der Waals surface area contributed by atoms with Crippen LogP contribution in [-0.4, -0.2) is 30.0 Å². The van der Waals surface area contributed by atoms with E-state index < -0.39 is 0 Å². The Morgan fingerprint density at radius 3 is 2.50 bits per heavy atom. The van der Waals surface area contributed by atoms with Gasteiger partial charge in [0.05, 0.1) is 6.20 Å². The number of aryl methyl sites for hydroxylation is 1. The Labute approximate surface area is 188 Å². The second kappa shape index (κ2) is 10.8. The van der Waals surface area contributed by atoms with E-state index in [2.05, 4.69) is 15.2 Å². The molecule has 1 aliphatic heterocycles. The van der Waals surface area contributed by atoms with Crippen molar-refractivity contribution in [3.63, 3.8) is 0 Å².